The van der Waals surface area contributed by atoms with Crippen LogP contribution in [0.3, 0.4) is 0 Å². The smallest absolute Gasteiger partial charge is 0.0795 e. The lowest BCUT2D eigenvalue weighted by Crippen LogP contribution is -2.25. The minimum absolute atomic E-state index is 0.195. The molecule has 0 saturated heterocycles. The summed E-state index contributed by atoms with van der Waals surface area (Å²) in [7, 11) is 2.08. The predicted octanol–water partition coefficient (Wildman–Crippen LogP) is 2.70. The van der Waals surface area contributed by atoms with E-state index in [0.29, 0.717) is 0 Å². The molecule has 0 aliphatic heterocycles. The maximum absolute atomic E-state index is 9.23. The van der Waals surface area contributed by atoms with Crippen LogP contribution in [0, 0.1) is 0 Å². The van der Waals surface area contributed by atoms with E-state index in [2.05, 4.69) is 34.4 Å². The zero-order chi connectivity index (χ0) is 12.8. The molecule has 4 heteroatoms. The average molecular weight is 262 g/mol. The van der Waals surface area contributed by atoms with Crippen molar-refractivity contribution in [3.05, 3.63) is 52.5 Å². The van der Waals surface area contributed by atoms with E-state index in [0.717, 1.165) is 18.7 Å². The van der Waals surface area contributed by atoms with Crippen molar-refractivity contribution in [2.24, 2.45) is 0 Å². The molecule has 96 valence electrons. The predicted molar refractivity (Wildman–Crippen MR) is 74.5 cm³/mol. The zero-order valence-corrected chi connectivity index (χ0v) is 11.3. The second-order valence-corrected chi connectivity index (χ2v) is 5.05. The van der Waals surface area contributed by atoms with E-state index < -0.39 is 0 Å². The summed E-state index contributed by atoms with van der Waals surface area (Å²) < 4.78 is 0. The Labute approximate surface area is 112 Å². The SMILES string of the molecule is CN(Cc1cscn1)[C@@H](CCO)c1ccccc1. The Bertz CT molecular complexity index is 444. The topological polar surface area (TPSA) is 36.4 Å². The van der Waals surface area contributed by atoms with Gasteiger partial charge < -0.3 is 5.11 Å². The van der Waals surface area contributed by atoms with Gasteiger partial charge in [0.1, 0.15) is 0 Å². The van der Waals surface area contributed by atoms with Crippen LogP contribution in [0.15, 0.2) is 41.2 Å². The van der Waals surface area contributed by atoms with Crippen molar-refractivity contribution >= 4 is 11.3 Å². The third kappa shape index (κ3) is 3.38. The second-order valence-electron chi connectivity index (χ2n) is 4.33. The van der Waals surface area contributed by atoms with Crippen molar-refractivity contribution < 1.29 is 5.11 Å². The molecule has 0 amide bonds. The van der Waals surface area contributed by atoms with Crippen molar-refractivity contribution in [2.45, 2.75) is 19.0 Å². The Morgan fingerprint density at radius 1 is 1.33 bits per heavy atom. The van der Waals surface area contributed by atoms with E-state index in [1.165, 1.54) is 5.56 Å². The van der Waals surface area contributed by atoms with Gasteiger partial charge in [0, 0.05) is 24.6 Å². The Balaban J connectivity index is 2.09. The molecule has 0 spiro atoms. The summed E-state index contributed by atoms with van der Waals surface area (Å²) in [5.41, 5.74) is 4.18. The van der Waals surface area contributed by atoms with Gasteiger partial charge in [0.25, 0.3) is 0 Å². The quantitative estimate of drug-likeness (QED) is 0.869. The lowest BCUT2D eigenvalue weighted by molar-refractivity contribution is 0.179. The molecular weight excluding hydrogens is 244 g/mol. The summed E-state index contributed by atoms with van der Waals surface area (Å²) in [4.78, 5) is 6.54. The molecule has 0 fully saturated rings. The van der Waals surface area contributed by atoms with Crippen LogP contribution in [-0.4, -0.2) is 28.6 Å². The number of thiazole rings is 1. The highest BCUT2D eigenvalue weighted by atomic mass is 32.1. The molecule has 1 atom stereocenters. The summed E-state index contributed by atoms with van der Waals surface area (Å²) >= 11 is 1.62. The van der Waals surface area contributed by atoms with Gasteiger partial charge in [-0.25, -0.2) is 4.98 Å². The number of nitrogens with zero attached hydrogens (tertiary/aromatic N) is 2. The third-order valence-corrected chi connectivity index (χ3v) is 3.65. The molecule has 1 aromatic heterocycles. The van der Waals surface area contributed by atoms with E-state index in [1.54, 1.807) is 11.3 Å². The van der Waals surface area contributed by atoms with Crippen LogP contribution >= 0.6 is 11.3 Å². The summed E-state index contributed by atoms with van der Waals surface area (Å²) in [6.07, 6.45) is 0.741. The van der Waals surface area contributed by atoms with Crippen LogP contribution in [0.1, 0.15) is 23.7 Å². The molecule has 3 nitrogen and oxygen atoms in total. The molecule has 0 bridgehead atoms. The maximum atomic E-state index is 9.23. The number of aliphatic hydroxyl groups is 1. The van der Waals surface area contributed by atoms with Gasteiger partial charge in [-0.05, 0) is 19.0 Å². The molecule has 18 heavy (non-hydrogen) atoms. The van der Waals surface area contributed by atoms with Crippen LogP contribution in [0.5, 0.6) is 0 Å². The Morgan fingerprint density at radius 3 is 2.72 bits per heavy atom. The fourth-order valence-corrected chi connectivity index (χ4v) is 2.67. The zero-order valence-electron chi connectivity index (χ0n) is 10.5. The highest BCUT2D eigenvalue weighted by Gasteiger charge is 2.16. The summed E-state index contributed by atoms with van der Waals surface area (Å²) in [6, 6.07) is 10.5. The number of hydrogen-bond acceptors (Lipinski definition) is 4. The number of hydrogen-bond donors (Lipinski definition) is 1. The average Bonchev–Trinajstić information content (AvgIpc) is 2.89. The normalized spacial score (nSPS) is 12.8. The van der Waals surface area contributed by atoms with Crippen molar-refractivity contribution in [3.8, 4) is 0 Å². The molecule has 1 heterocycles. The Kier molecular flexibility index (Phi) is 4.87. The van der Waals surface area contributed by atoms with Gasteiger partial charge in [0.15, 0.2) is 0 Å². The molecule has 0 unspecified atom stereocenters. The van der Waals surface area contributed by atoms with E-state index in [-0.39, 0.29) is 12.6 Å². The van der Waals surface area contributed by atoms with Crippen molar-refractivity contribution in [3.63, 3.8) is 0 Å². The van der Waals surface area contributed by atoms with Crippen LogP contribution in [0.4, 0.5) is 0 Å². The molecule has 1 N–H and O–H groups in total. The summed E-state index contributed by atoms with van der Waals surface area (Å²) in [6.45, 7) is 1.00. The third-order valence-electron chi connectivity index (χ3n) is 3.01. The van der Waals surface area contributed by atoms with E-state index in [4.69, 9.17) is 0 Å². The molecule has 1 aromatic carbocycles. The van der Waals surface area contributed by atoms with Crippen LogP contribution in [-0.2, 0) is 6.54 Å². The van der Waals surface area contributed by atoms with Gasteiger partial charge in [0.2, 0.25) is 0 Å². The number of rotatable bonds is 6. The van der Waals surface area contributed by atoms with Crippen LogP contribution in [0.2, 0.25) is 0 Å². The molecule has 0 aliphatic rings. The molecular formula is C14H18N2OS. The molecule has 2 aromatic rings. The number of aromatic nitrogens is 1. The van der Waals surface area contributed by atoms with Crippen molar-refractivity contribution in [1.82, 2.24) is 9.88 Å². The molecule has 0 saturated carbocycles. The number of aliphatic hydroxyl groups excluding tert-OH is 1. The van der Waals surface area contributed by atoms with Crippen molar-refractivity contribution in [1.29, 1.82) is 0 Å². The maximum Gasteiger partial charge on any atom is 0.0795 e. The van der Waals surface area contributed by atoms with E-state index in [9.17, 15) is 5.11 Å². The minimum atomic E-state index is 0.195. The lowest BCUT2D eigenvalue weighted by atomic mass is 10.0. The highest BCUT2D eigenvalue weighted by Crippen LogP contribution is 2.24. The summed E-state index contributed by atoms with van der Waals surface area (Å²) in [5, 5.41) is 11.3. The fourth-order valence-electron chi connectivity index (χ4n) is 2.12. The van der Waals surface area contributed by atoms with Gasteiger partial charge in [-0.15, -0.1) is 11.3 Å². The van der Waals surface area contributed by atoms with Gasteiger partial charge in [-0.1, -0.05) is 30.3 Å². The monoisotopic (exact) mass is 262 g/mol. The Morgan fingerprint density at radius 2 is 2.11 bits per heavy atom. The molecule has 0 aliphatic carbocycles. The first-order valence-corrected chi connectivity index (χ1v) is 6.98. The Hall–Kier alpha value is -1.23. The lowest BCUT2D eigenvalue weighted by Gasteiger charge is -2.27. The molecule has 2 rings (SSSR count). The first kappa shape index (κ1) is 13.2. The van der Waals surface area contributed by atoms with Gasteiger partial charge in [0.05, 0.1) is 11.2 Å². The van der Waals surface area contributed by atoms with Gasteiger partial charge >= 0.3 is 0 Å². The van der Waals surface area contributed by atoms with Crippen LogP contribution in [0.25, 0.3) is 0 Å². The first-order valence-electron chi connectivity index (χ1n) is 6.04. The second kappa shape index (κ2) is 6.64. The summed E-state index contributed by atoms with van der Waals surface area (Å²) in [5.74, 6) is 0. The minimum Gasteiger partial charge on any atom is -0.396 e. The first-order chi connectivity index (χ1) is 8.81. The fraction of sp³-hybridized carbons (Fsp3) is 0.357. The standard InChI is InChI=1S/C14H18N2OS/c1-16(9-13-10-18-11-15-13)14(7-8-17)12-5-3-2-4-6-12/h2-6,10-11,14,17H,7-9H2,1H3/t14-/m0/s1. The van der Waals surface area contributed by atoms with E-state index >= 15 is 0 Å². The van der Waals surface area contributed by atoms with E-state index in [1.807, 2.05) is 23.7 Å². The van der Waals surface area contributed by atoms with Crippen LogP contribution < -0.4 is 0 Å². The number of benzene rings is 1. The van der Waals surface area contributed by atoms with Crippen molar-refractivity contribution in [2.75, 3.05) is 13.7 Å². The largest absolute Gasteiger partial charge is 0.396 e. The molecule has 0 radical (unpaired) electrons. The van der Waals surface area contributed by atoms with Gasteiger partial charge in [-0.2, -0.15) is 0 Å². The highest BCUT2D eigenvalue weighted by molar-refractivity contribution is 7.07. The van der Waals surface area contributed by atoms with Gasteiger partial charge in [-0.3, -0.25) is 4.90 Å².